The smallest absolute Gasteiger partial charge is 0.161 e. The molecule has 4 heteroatoms. The van der Waals surface area contributed by atoms with Crippen molar-refractivity contribution in [3.8, 4) is 11.5 Å². The van der Waals surface area contributed by atoms with Crippen molar-refractivity contribution in [2.45, 2.75) is 72.4 Å². The summed E-state index contributed by atoms with van der Waals surface area (Å²) in [5.74, 6) is 2.98. The normalized spacial score (nSPS) is 22.6. The summed E-state index contributed by atoms with van der Waals surface area (Å²) in [6, 6.07) is 6.22. The summed E-state index contributed by atoms with van der Waals surface area (Å²) in [6.07, 6.45) is 6.79. The van der Waals surface area contributed by atoms with Gasteiger partial charge in [0.25, 0.3) is 0 Å². The van der Waals surface area contributed by atoms with E-state index in [1.165, 1.54) is 37.7 Å². The maximum atomic E-state index is 6.09. The number of rotatable bonds is 11. The van der Waals surface area contributed by atoms with Gasteiger partial charge in [-0.2, -0.15) is 0 Å². The molecule has 0 amide bonds. The Morgan fingerprint density at radius 3 is 2.50 bits per heavy atom. The van der Waals surface area contributed by atoms with Gasteiger partial charge in [0.15, 0.2) is 11.5 Å². The summed E-state index contributed by atoms with van der Waals surface area (Å²) in [6.45, 7) is 12.4. The summed E-state index contributed by atoms with van der Waals surface area (Å²) in [5.41, 5.74) is 1.73. The number of benzene rings is 1. The monoisotopic (exact) mass is 392 g/mol. The molecule has 0 aromatic heterocycles. The van der Waals surface area contributed by atoms with E-state index in [2.05, 4.69) is 45.1 Å². The summed E-state index contributed by atoms with van der Waals surface area (Å²) < 4.78 is 16.9. The first-order valence-corrected chi connectivity index (χ1v) is 11.0. The summed E-state index contributed by atoms with van der Waals surface area (Å²) in [5, 5.41) is 2.44. The van der Waals surface area contributed by atoms with Crippen LogP contribution < -0.4 is 14.8 Å². The van der Waals surface area contributed by atoms with Gasteiger partial charge < -0.3 is 19.5 Å². The minimum atomic E-state index is 0.423. The van der Waals surface area contributed by atoms with Gasteiger partial charge in [-0.1, -0.05) is 34.1 Å². The van der Waals surface area contributed by atoms with Crippen LogP contribution >= 0.6 is 0 Å². The lowest BCUT2D eigenvalue weighted by atomic mass is 9.69. The van der Waals surface area contributed by atoms with Gasteiger partial charge in [-0.15, -0.1) is 0 Å². The molecule has 1 aliphatic heterocycles. The van der Waals surface area contributed by atoms with Gasteiger partial charge >= 0.3 is 0 Å². The molecule has 0 unspecified atom stereocenters. The summed E-state index contributed by atoms with van der Waals surface area (Å²) in [7, 11) is 3.37. The third-order valence-corrected chi connectivity index (χ3v) is 6.30. The van der Waals surface area contributed by atoms with Crippen LogP contribution in [0.1, 0.15) is 65.4 Å². The van der Waals surface area contributed by atoms with E-state index in [9.17, 15) is 0 Å². The van der Waals surface area contributed by atoms with Crippen molar-refractivity contribution < 1.29 is 19.5 Å². The number of hydrogen-bond donors (Lipinski definition) is 1. The van der Waals surface area contributed by atoms with Gasteiger partial charge in [-0.3, -0.25) is 0 Å². The van der Waals surface area contributed by atoms with Gasteiger partial charge in [-0.25, -0.2) is 0 Å². The zero-order valence-corrected chi connectivity index (χ0v) is 18.9. The van der Waals surface area contributed by atoms with Gasteiger partial charge in [0.2, 0.25) is 0 Å². The Hall–Kier alpha value is -1.26. The fourth-order valence-corrected chi connectivity index (χ4v) is 4.30. The summed E-state index contributed by atoms with van der Waals surface area (Å²) in [4.78, 5) is 0. The highest BCUT2D eigenvalue weighted by Crippen LogP contribution is 2.43. The molecule has 2 N–H and O–H groups in total. The van der Waals surface area contributed by atoms with Gasteiger partial charge in [0.1, 0.15) is 6.54 Å². The zero-order valence-electron chi connectivity index (χ0n) is 18.9. The molecule has 28 heavy (non-hydrogen) atoms. The molecule has 0 aliphatic carbocycles. The molecule has 1 aromatic carbocycles. The molecule has 2 atom stereocenters. The van der Waals surface area contributed by atoms with Crippen LogP contribution in [0.3, 0.4) is 0 Å². The van der Waals surface area contributed by atoms with Crippen LogP contribution in [0.25, 0.3) is 0 Å². The van der Waals surface area contributed by atoms with E-state index in [1.807, 2.05) is 6.07 Å². The lowest BCUT2D eigenvalue weighted by Crippen LogP contribution is -2.83. The Balaban J connectivity index is 1.92. The van der Waals surface area contributed by atoms with E-state index in [-0.39, 0.29) is 0 Å². The molecule has 1 aliphatic rings. The lowest BCUT2D eigenvalue weighted by molar-refractivity contribution is -0.672. The minimum Gasteiger partial charge on any atom is -0.493 e. The van der Waals surface area contributed by atoms with Crippen LogP contribution in [-0.4, -0.2) is 33.5 Å². The third-order valence-electron chi connectivity index (χ3n) is 6.30. The fourth-order valence-electron chi connectivity index (χ4n) is 4.30. The minimum absolute atomic E-state index is 0.423. The Labute approximate surface area is 172 Å². The van der Waals surface area contributed by atoms with Crippen molar-refractivity contribution in [1.29, 1.82) is 0 Å². The average Bonchev–Trinajstić information content (AvgIpc) is 2.69. The number of nitrogens with two attached hydrogens (primary N) is 1. The van der Waals surface area contributed by atoms with E-state index in [1.54, 1.807) is 14.2 Å². The molecule has 1 heterocycles. The highest BCUT2D eigenvalue weighted by molar-refractivity contribution is 5.42. The Morgan fingerprint density at radius 1 is 1.11 bits per heavy atom. The Morgan fingerprint density at radius 2 is 1.86 bits per heavy atom. The number of ether oxygens (including phenoxy) is 3. The van der Waals surface area contributed by atoms with Gasteiger partial charge in [0.05, 0.1) is 26.9 Å². The highest BCUT2D eigenvalue weighted by Gasteiger charge is 2.37. The first kappa shape index (κ1) is 23.0. The van der Waals surface area contributed by atoms with E-state index in [4.69, 9.17) is 14.2 Å². The van der Waals surface area contributed by atoms with E-state index in [0.29, 0.717) is 17.4 Å². The lowest BCUT2D eigenvalue weighted by Gasteiger charge is -2.42. The molecule has 0 saturated carbocycles. The second-order valence-corrected chi connectivity index (χ2v) is 9.26. The van der Waals surface area contributed by atoms with E-state index in [0.717, 1.165) is 37.1 Å². The van der Waals surface area contributed by atoms with Gasteiger partial charge in [0, 0.05) is 18.6 Å². The van der Waals surface area contributed by atoms with Crippen molar-refractivity contribution in [2.75, 3.05) is 27.4 Å². The fraction of sp³-hybridized carbons (Fsp3) is 0.750. The van der Waals surface area contributed by atoms with Crippen LogP contribution in [-0.2, 0) is 11.3 Å². The maximum absolute atomic E-state index is 6.09. The molecule has 1 saturated heterocycles. The molecule has 1 fully saturated rings. The molecular formula is C24H42NO3+. The van der Waals surface area contributed by atoms with E-state index >= 15 is 0 Å². The largest absolute Gasteiger partial charge is 0.493 e. The molecule has 160 valence electrons. The second kappa shape index (κ2) is 11.1. The van der Waals surface area contributed by atoms with E-state index < -0.39 is 0 Å². The molecule has 0 radical (unpaired) electrons. The quantitative estimate of drug-likeness (QED) is 0.567. The molecule has 4 nitrogen and oxygen atoms in total. The standard InChI is InChI=1S/C24H41NO3/c1-18(2)9-10-24(12-14-28-23(16-24)19(3)4)11-13-25-17-20-7-8-21(26-5)22(15-20)27-6/h7-8,15,18-19,23,25H,9-14,16-17H2,1-6H3/p+1/t23-,24+/m1/s1. The van der Waals surface area contributed by atoms with Crippen LogP contribution in [0.5, 0.6) is 11.5 Å². The topological polar surface area (TPSA) is 44.3 Å². The molecule has 0 bridgehead atoms. The number of methoxy groups -OCH3 is 2. The second-order valence-electron chi connectivity index (χ2n) is 9.26. The molecular weight excluding hydrogens is 350 g/mol. The molecule has 0 spiro atoms. The average molecular weight is 393 g/mol. The molecule has 2 rings (SSSR count). The van der Waals surface area contributed by atoms with Crippen molar-refractivity contribution in [3.63, 3.8) is 0 Å². The zero-order chi connectivity index (χ0) is 20.6. The maximum Gasteiger partial charge on any atom is 0.161 e. The van der Waals surface area contributed by atoms with Crippen LogP contribution in [0.4, 0.5) is 0 Å². The number of quaternary nitrogens is 1. The summed E-state index contributed by atoms with van der Waals surface area (Å²) >= 11 is 0. The van der Waals surface area contributed by atoms with Crippen LogP contribution in [0.2, 0.25) is 0 Å². The van der Waals surface area contributed by atoms with Crippen molar-refractivity contribution in [2.24, 2.45) is 17.3 Å². The highest BCUT2D eigenvalue weighted by atomic mass is 16.5. The molecule has 1 aromatic rings. The van der Waals surface area contributed by atoms with Gasteiger partial charge in [-0.05, 0) is 54.7 Å². The van der Waals surface area contributed by atoms with Crippen LogP contribution in [0, 0.1) is 17.3 Å². The number of hydrogen-bond acceptors (Lipinski definition) is 3. The van der Waals surface area contributed by atoms with Crippen molar-refractivity contribution in [1.82, 2.24) is 0 Å². The van der Waals surface area contributed by atoms with Crippen molar-refractivity contribution >= 4 is 0 Å². The van der Waals surface area contributed by atoms with Crippen molar-refractivity contribution in [3.05, 3.63) is 23.8 Å². The Kier molecular flexibility index (Phi) is 9.10. The Bertz CT molecular complexity index is 587. The first-order valence-electron chi connectivity index (χ1n) is 11.0. The predicted octanol–water partition coefficient (Wildman–Crippen LogP) is 4.41. The first-order chi connectivity index (χ1) is 13.4. The SMILES string of the molecule is COc1ccc(C[NH2+]CC[C@@]2(CCC(C)C)CCO[C@@H](C(C)C)C2)cc1OC. The van der Waals surface area contributed by atoms with Crippen LogP contribution in [0.15, 0.2) is 18.2 Å². The predicted molar refractivity (Wildman–Crippen MR) is 115 cm³/mol. The third kappa shape index (κ3) is 6.66.